The third kappa shape index (κ3) is 5.16. The topological polar surface area (TPSA) is 93.1 Å². The predicted octanol–water partition coefficient (Wildman–Crippen LogP) is 2.86. The molecular formula is C22H22N4O3. The van der Waals surface area contributed by atoms with Gasteiger partial charge >= 0.3 is 0 Å². The summed E-state index contributed by atoms with van der Waals surface area (Å²) in [7, 11) is 1.76. The molecule has 0 saturated carbocycles. The van der Waals surface area contributed by atoms with E-state index in [0.29, 0.717) is 17.1 Å². The van der Waals surface area contributed by atoms with E-state index in [-0.39, 0.29) is 24.0 Å². The zero-order valence-corrected chi connectivity index (χ0v) is 16.3. The molecule has 2 N–H and O–H groups in total. The van der Waals surface area contributed by atoms with Crippen LogP contribution < -0.4 is 10.6 Å². The van der Waals surface area contributed by atoms with Crippen LogP contribution in [-0.2, 0) is 16.6 Å². The Morgan fingerprint density at radius 2 is 1.72 bits per heavy atom. The lowest BCUT2D eigenvalue weighted by atomic mass is 10.0. The van der Waals surface area contributed by atoms with Gasteiger partial charge in [0.05, 0.1) is 12.5 Å². The van der Waals surface area contributed by atoms with Crippen LogP contribution in [0.1, 0.15) is 41.1 Å². The monoisotopic (exact) mass is 390 g/mol. The maximum Gasteiger partial charge on any atom is 0.228 e. The molecule has 0 unspecified atom stereocenters. The van der Waals surface area contributed by atoms with Gasteiger partial charge in [0.1, 0.15) is 0 Å². The van der Waals surface area contributed by atoms with E-state index in [4.69, 9.17) is 0 Å². The molecule has 0 spiro atoms. The minimum Gasteiger partial charge on any atom is -0.349 e. The van der Waals surface area contributed by atoms with Crippen molar-refractivity contribution in [2.75, 3.05) is 5.32 Å². The number of nitrogens with zero attached hydrogens (tertiary/aromatic N) is 2. The zero-order chi connectivity index (χ0) is 20.8. The van der Waals surface area contributed by atoms with Crippen LogP contribution in [0.15, 0.2) is 67.0 Å². The van der Waals surface area contributed by atoms with Crippen LogP contribution in [0.3, 0.4) is 0 Å². The van der Waals surface area contributed by atoms with Gasteiger partial charge in [0.2, 0.25) is 17.6 Å². The Kier molecular flexibility index (Phi) is 6.19. The van der Waals surface area contributed by atoms with Gasteiger partial charge in [0.25, 0.3) is 0 Å². The molecule has 1 aromatic heterocycles. The van der Waals surface area contributed by atoms with E-state index < -0.39 is 6.04 Å². The number of rotatable bonds is 7. The van der Waals surface area contributed by atoms with Crippen LogP contribution in [0.4, 0.5) is 5.69 Å². The maximum absolute atomic E-state index is 12.5. The molecule has 7 heteroatoms. The Morgan fingerprint density at radius 1 is 1.03 bits per heavy atom. The smallest absolute Gasteiger partial charge is 0.228 e. The van der Waals surface area contributed by atoms with Gasteiger partial charge in [-0.2, -0.15) is 0 Å². The van der Waals surface area contributed by atoms with Crippen molar-refractivity contribution < 1.29 is 14.4 Å². The normalized spacial score (nSPS) is 11.5. The molecule has 3 aromatic rings. The van der Waals surface area contributed by atoms with Gasteiger partial charge in [-0.05, 0) is 29.8 Å². The fraction of sp³-hybridized carbons (Fsp3) is 0.182. The Balaban J connectivity index is 1.66. The largest absolute Gasteiger partial charge is 0.349 e. The Hall–Kier alpha value is -3.74. The summed E-state index contributed by atoms with van der Waals surface area (Å²) in [6.07, 6.45) is 3.37. The van der Waals surface area contributed by atoms with Gasteiger partial charge in [-0.15, -0.1) is 0 Å². The summed E-state index contributed by atoms with van der Waals surface area (Å²) >= 11 is 0. The zero-order valence-electron chi connectivity index (χ0n) is 16.3. The van der Waals surface area contributed by atoms with Crippen molar-refractivity contribution in [1.29, 1.82) is 0 Å². The van der Waals surface area contributed by atoms with Crippen LogP contribution in [0.5, 0.6) is 0 Å². The molecule has 0 aliphatic heterocycles. The Bertz CT molecular complexity index is 1010. The van der Waals surface area contributed by atoms with Gasteiger partial charge in [-0.3, -0.25) is 14.4 Å². The number of nitrogens with one attached hydrogen (secondary N) is 2. The van der Waals surface area contributed by atoms with Crippen molar-refractivity contribution >= 4 is 23.3 Å². The fourth-order valence-corrected chi connectivity index (χ4v) is 3.00. The molecule has 0 radical (unpaired) electrons. The predicted molar refractivity (Wildman–Crippen MR) is 109 cm³/mol. The number of carbonyl (C=O) groups is 3. The molecular weight excluding hydrogens is 368 g/mol. The number of benzene rings is 2. The Labute approximate surface area is 168 Å². The molecule has 0 aliphatic rings. The lowest BCUT2D eigenvalue weighted by Gasteiger charge is -2.18. The van der Waals surface area contributed by atoms with Crippen molar-refractivity contribution in [2.45, 2.75) is 19.4 Å². The summed E-state index contributed by atoms with van der Waals surface area (Å²) in [5.74, 6) is -0.285. The molecule has 0 bridgehead atoms. The molecule has 0 saturated heterocycles. The van der Waals surface area contributed by atoms with Crippen molar-refractivity contribution in [1.82, 2.24) is 14.9 Å². The number of ketones is 1. The maximum atomic E-state index is 12.5. The molecule has 1 atom stereocenters. The van der Waals surface area contributed by atoms with Crippen LogP contribution in [-0.4, -0.2) is 27.1 Å². The second kappa shape index (κ2) is 8.97. The average Bonchev–Trinajstić information content (AvgIpc) is 3.13. The van der Waals surface area contributed by atoms with Crippen LogP contribution in [0.2, 0.25) is 0 Å². The first kappa shape index (κ1) is 20.0. The molecule has 29 heavy (non-hydrogen) atoms. The molecule has 1 heterocycles. The van der Waals surface area contributed by atoms with Crippen molar-refractivity contribution in [3.8, 4) is 0 Å². The number of carbonyl (C=O) groups excluding carboxylic acids is 3. The standard InChI is InChI=1S/C22H22N4O3/c1-15(27)24-19(16-6-4-3-5-7-16)14-20(28)25-18-10-8-17(9-11-18)21(29)22-23-12-13-26(22)2/h3-13,19H,14H2,1-2H3,(H,24,27)(H,25,28)/t19-/m0/s1. The van der Waals surface area contributed by atoms with E-state index in [9.17, 15) is 14.4 Å². The number of amides is 2. The number of aromatic nitrogens is 2. The summed E-state index contributed by atoms with van der Waals surface area (Å²) in [5, 5.41) is 5.61. The van der Waals surface area contributed by atoms with Crippen molar-refractivity contribution in [2.24, 2.45) is 7.05 Å². The molecule has 2 aromatic carbocycles. The Morgan fingerprint density at radius 3 is 2.31 bits per heavy atom. The minimum absolute atomic E-state index is 0.0948. The molecule has 0 fully saturated rings. The molecule has 3 rings (SSSR count). The molecule has 2 amide bonds. The lowest BCUT2D eigenvalue weighted by molar-refractivity contribution is -0.120. The van der Waals surface area contributed by atoms with Crippen LogP contribution in [0, 0.1) is 0 Å². The summed E-state index contributed by atoms with van der Waals surface area (Å²) in [6, 6.07) is 15.6. The highest BCUT2D eigenvalue weighted by Gasteiger charge is 2.18. The van der Waals surface area contributed by atoms with Gasteiger partial charge in [-0.25, -0.2) is 4.98 Å². The van der Waals surface area contributed by atoms with Crippen LogP contribution >= 0.6 is 0 Å². The number of anilines is 1. The van der Waals surface area contributed by atoms with Crippen molar-refractivity contribution in [3.63, 3.8) is 0 Å². The van der Waals surface area contributed by atoms with E-state index in [1.54, 1.807) is 48.3 Å². The van der Waals surface area contributed by atoms with Gasteiger partial charge in [-0.1, -0.05) is 30.3 Å². The second-order valence-electron chi connectivity index (χ2n) is 6.68. The minimum atomic E-state index is -0.419. The van der Waals surface area contributed by atoms with E-state index in [1.165, 1.54) is 6.92 Å². The highest BCUT2D eigenvalue weighted by Crippen LogP contribution is 2.18. The lowest BCUT2D eigenvalue weighted by Crippen LogP contribution is -2.29. The highest BCUT2D eigenvalue weighted by atomic mass is 16.2. The van der Waals surface area contributed by atoms with E-state index in [2.05, 4.69) is 15.6 Å². The first-order valence-electron chi connectivity index (χ1n) is 9.18. The summed E-state index contributed by atoms with van der Waals surface area (Å²) in [4.78, 5) is 40.5. The quantitative estimate of drug-likeness (QED) is 0.607. The third-order valence-corrected chi connectivity index (χ3v) is 4.42. The van der Waals surface area contributed by atoms with Gasteiger partial charge in [0, 0.05) is 37.6 Å². The SMILES string of the molecule is CC(=O)N[C@@H](CC(=O)Nc1ccc(C(=O)c2nccn2C)cc1)c1ccccc1. The number of imidazole rings is 1. The molecule has 148 valence electrons. The van der Waals surface area contributed by atoms with E-state index in [0.717, 1.165) is 5.56 Å². The van der Waals surface area contributed by atoms with Crippen LogP contribution in [0.25, 0.3) is 0 Å². The van der Waals surface area contributed by atoms with Gasteiger partial charge in [0.15, 0.2) is 5.82 Å². The fourth-order valence-electron chi connectivity index (χ4n) is 3.00. The third-order valence-electron chi connectivity index (χ3n) is 4.42. The second-order valence-corrected chi connectivity index (χ2v) is 6.68. The first-order chi connectivity index (χ1) is 13.9. The molecule has 0 aliphatic carbocycles. The number of hydrogen-bond acceptors (Lipinski definition) is 4. The van der Waals surface area contributed by atoms with Gasteiger partial charge < -0.3 is 15.2 Å². The summed E-state index contributed by atoms with van der Waals surface area (Å²) in [6.45, 7) is 1.42. The molecule has 7 nitrogen and oxygen atoms in total. The average molecular weight is 390 g/mol. The van der Waals surface area contributed by atoms with E-state index >= 15 is 0 Å². The number of aryl methyl sites for hydroxylation is 1. The summed E-state index contributed by atoms with van der Waals surface area (Å²) in [5.41, 5.74) is 1.91. The number of hydrogen-bond donors (Lipinski definition) is 2. The highest BCUT2D eigenvalue weighted by molar-refractivity contribution is 6.07. The van der Waals surface area contributed by atoms with E-state index in [1.807, 2.05) is 30.3 Å². The first-order valence-corrected chi connectivity index (χ1v) is 9.18. The van der Waals surface area contributed by atoms with Crippen molar-refractivity contribution in [3.05, 3.63) is 83.9 Å². The summed E-state index contributed by atoms with van der Waals surface area (Å²) < 4.78 is 1.66.